The maximum atomic E-state index is 5.59. The van der Waals surface area contributed by atoms with E-state index in [9.17, 15) is 0 Å². The Balaban J connectivity index is 2.73. The predicted octanol–water partition coefficient (Wildman–Crippen LogP) is 2.05. The molecule has 1 N–H and O–H groups in total. The van der Waals surface area contributed by atoms with Gasteiger partial charge in [0.25, 0.3) is 0 Å². The second kappa shape index (κ2) is 6.92. The van der Waals surface area contributed by atoms with E-state index in [1.54, 1.807) is 0 Å². The Hall–Kier alpha value is -1.46. The summed E-state index contributed by atoms with van der Waals surface area (Å²) in [5.41, 5.74) is 0.959. The van der Waals surface area contributed by atoms with Crippen LogP contribution in [0.15, 0.2) is 24.3 Å². The van der Waals surface area contributed by atoms with Crippen LogP contribution in [0.1, 0.15) is 18.9 Å². The molecule has 0 aliphatic rings. The van der Waals surface area contributed by atoms with Crippen molar-refractivity contribution < 1.29 is 4.74 Å². The molecule has 0 atom stereocenters. The van der Waals surface area contributed by atoms with Gasteiger partial charge in [-0.05, 0) is 25.6 Å². The van der Waals surface area contributed by atoms with Gasteiger partial charge in [0.2, 0.25) is 0 Å². The Morgan fingerprint density at radius 3 is 2.87 bits per heavy atom. The minimum absolute atomic E-state index is 0.697. The summed E-state index contributed by atoms with van der Waals surface area (Å²) in [4.78, 5) is 0. The van der Waals surface area contributed by atoms with Gasteiger partial charge >= 0.3 is 0 Å². The van der Waals surface area contributed by atoms with Crippen LogP contribution in [0.25, 0.3) is 0 Å². The Bertz CT molecular complexity index is 349. The Morgan fingerprint density at radius 2 is 2.13 bits per heavy atom. The van der Waals surface area contributed by atoms with Crippen LogP contribution in [0, 0.1) is 11.8 Å². The van der Waals surface area contributed by atoms with Gasteiger partial charge < -0.3 is 10.1 Å². The van der Waals surface area contributed by atoms with Crippen molar-refractivity contribution in [3.05, 3.63) is 29.8 Å². The zero-order valence-corrected chi connectivity index (χ0v) is 9.34. The highest BCUT2D eigenvalue weighted by Crippen LogP contribution is 2.16. The third-order valence-corrected chi connectivity index (χ3v) is 1.84. The van der Waals surface area contributed by atoms with Crippen LogP contribution in [-0.4, -0.2) is 20.2 Å². The van der Waals surface area contributed by atoms with E-state index in [-0.39, 0.29) is 0 Å². The highest BCUT2D eigenvalue weighted by atomic mass is 16.5. The van der Waals surface area contributed by atoms with E-state index in [0.717, 1.165) is 24.3 Å². The third-order valence-electron chi connectivity index (χ3n) is 1.84. The van der Waals surface area contributed by atoms with Crippen LogP contribution >= 0.6 is 0 Å². The summed E-state index contributed by atoms with van der Waals surface area (Å²) in [5, 5.41) is 2.99. The van der Waals surface area contributed by atoms with Gasteiger partial charge in [-0.25, -0.2) is 0 Å². The number of ether oxygens (including phenoxy) is 1. The lowest BCUT2D eigenvalue weighted by molar-refractivity contribution is 0.316. The molecule has 0 saturated heterocycles. The van der Waals surface area contributed by atoms with E-state index >= 15 is 0 Å². The zero-order valence-electron chi connectivity index (χ0n) is 9.34. The van der Waals surface area contributed by atoms with Crippen molar-refractivity contribution in [2.24, 2.45) is 0 Å². The first-order valence-electron chi connectivity index (χ1n) is 5.23. The Kier molecular flexibility index (Phi) is 5.35. The van der Waals surface area contributed by atoms with Crippen molar-refractivity contribution in [3.63, 3.8) is 0 Å². The van der Waals surface area contributed by atoms with Gasteiger partial charge in [-0.3, -0.25) is 0 Å². The molecule has 0 fully saturated rings. The fourth-order valence-corrected chi connectivity index (χ4v) is 1.14. The molecule has 0 radical (unpaired) electrons. The number of para-hydroxylation sites is 1. The van der Waals surface area contributed by atoms with Crippen molar-refractivity contribution in [1.82, 2.24) is 5.32 Å². The molecule has 0 aromatic heterocycles. The van der Waals surface area contributed by atoms with Crippen molar-refractivity contribution in [1.29, 1.82) is 0 Å². The summed E-state index contributed by atoms with van der Waals surface area (Å²) < 4.78 is 5.59. The van der Waals surface area contributed by atoms with Crippen molar-refractivity contribution in [2.75, 3.05) is 20.2 Å². The number of hydrogen-bond acceptors (Lipinski definition) is 2. The van der Waals surface area contributed by atoms with Gasteiger partial charge in [0.05, 0.1) is 18.7 Å². The zero-order chi connectivity index (χ0) is 10.9. The molecular formula is C13H17NO. The molecule has 2 heteroatoms. The summed E-state index contributed by atoms with van der Waals surface area (Å²) in [7, 11) is 1.88. The standard InChI is InChI=1S/C13H17NO/c1-3-11-15-13-9-5-4-7-12(13)8-6-10-14-2/h4-5,7,9,14H,3,10-11H2,1-2H3. The monoisotopic (exact) mass is 203 g/mol. The smallest absolute Gasteiger partial charge is 0.134 e. The highest BCUT2D eigenvalue weighted by molar-refractivity contribution is 5.45. The van der Waals surface area contributed by atoms with Gasteiger partial charge in [0.1, 0.15) is 5.75 Å². The van der Waals surface area contributed by atoms with Crippen molar-refractivity contribution >= 4 is 0 Å². The second-order valence-corrected chi connectivity index (χ2v) is 3.18. The minimum Gasteiger partial charge on any atom is -0.492 e. The molecule has 0 saturated carbocycles. The normalized spacial score (nSPS) is 9.20. The Morgan fingerprint density at radius 1 is 1.33 bits per heavy atom. The van der Waals surface area contributed by atoms with E-state index in [2.05, 4.69) is 24.1 Å². The predicted molar refractivity (Wildman–Crippen MR) is 63.0 cm³/mol. The first kappa shape index (κ1) is 11.6. The molecule has 0 heterocycles. The van der Waals surface area contributed by atoms with Crippen LogP contribution < -0.4 is 10.1 Å². The SMILES string of the molecule is CCCOc1ccccc1C#CCNC. The van der Waals surface area contributed by atoms with Gasteiger partial charge in [-0.1, -0.05) is 30.9 Å². The maximum Gasteiger partial charge on any atom is 0.134 e. The Labute approximate surface area is 91.6 Å². The summed E-state index contributed by atoms with van der Waals surface area (Å²) in [5.74, 6) is 6.99. The van der Waals surface area contributed by atoms with Crippen LogP contribution in [0.3, 0.4) is 0 Å². The van der Waals surface area contributed by atoms with Crippen LogP contribution in [0.5, 0.6) is 5.75 Å². The molecule has 1 aromatic carbocycles. The summed E-state index contributed by atoms with van der Waals surface area (Å²) in [6, 6.07) is 7.88. The number of nitrogens with one attached hydrogen (secondary N) is 1. The fraction of sp³-hybridized carbons (Fsp3) is 0.385. The molecule has 2 nitrogen and oxygen atoms in total. The molecule has 15 heavy (non-hydrogen) atoms. The summed E-state index contributed by atoms with van der Waals surface area (Å²) >= 11 is 0. The molecule has 0 aliphatic carbocycles. The first-order chi connectivity index (χ1) is 7.38. The molecule has 0 spiro atoms. The molecular weight excluding hydrogens is 186 g/mol. The average molecular weight is 203 g/mol. The number of hydrogen-bond donors (Lipinski definition) is 1. The molecule has 0 amide bonds. The molecule has 80 valence electrons. The van der Waals surface area contributed by atoms with E-state index in [1.165, 1.54) is 0 Å². The van der Waals surface area contributed by atoms with Gasteiger partial charge in [0, 0.05) is 0 Å². The quantitative estimate of drug-likeness (QED) is 0.756. The van der Waals surface area contributed by atoms with E-state index in [1.807, 2.05) is 31.3 Å². The molecule has 1 aromatic rings. The maximum absolute atomic E-state index is 5.59. The van der Waals surface area contributed by atoms with Crippen molar-refractivity contribution in [3.8, 4) is 17.6 Å². The van der Waals surface area contributed by atoms with Crippen molar-refractivity contribution in [2.45, 2.75) is 13.3 Å². The topological polar surface area (TPSA) is 21.3 Å². The lowest BCUT2D eigenvalue weighted by atomic mass is 10.2. The fourth-order valence-electron chi connectivity index (χ4n) is 1.14. The highest BCUT2D eigenvalue weighted by Gasteiger charge is 1.98. The van der Waals surface area contributed by atoms with Crippen LogP contribution in [0.2, 0.25) is 0 Å². The molecule has 0 unspecified atom stereocenters. The minimum atomic E-state index is 0.697. The lowest BCUT2D eigenvalue weighted by Crippen LogP contribution is -2.04. The van der Waals surface area contributed by atoms with Crippen LogP contribution in [-0.2, 0) is 0 Å². The molecule has 0 bridgehead atoms. The van der Waals surface area contributed by atoms with E-state index in [4.69, 9.17) is 4.74 Å². The number of benzene rings is 1. The average Bonchev–Trinajstić information content (AvgIpc) is 2.28. The number of rotatable bonds is 4. The van der Waals surface area contributed by atoms with E-state index < -0.39 is 0 Å². The lowest BCUT2D eigenvalue weighted by Gasteiger charge is -2.05. The van der Waals surface area contributed by atoms with Crippen LogP contribution in [0.4, 0.5) is 0 Å². The summed E-state index contributed by atoms with van der Waals surface area (Å²) in [6.07, 6.45) is 1.01. The van der Waals surface area contributed by atoms with Gasteiger partial charge in [-0.15, -0.1) is 0 Å². The third kappa shape index (κ3) is 4.05. The summed E-state index contributed by atoms with van der Waals surface area (Å²) in [6.45, 7) is 3.53. The molecule has 1 rings (SSSR count). The van der Waals surface area contributed by atoms with Gasteiger partial charge in [-0.2, -0.15) is 0 Å². The first-order valence-corrected chi connectivity index (χ1v) is 5.23. The van der Waals surface area contributed by atoms with Gasteiger partial charge in [0.15, 0.2) is 0 Å². The largest absolute Gasteiger partial charge is 0.492 e. The second-order valence-electron chi connectivity index (χ2n) is 3.18. The van der Waals surface area contributed by atoms with E-state index in [0.29, 0.717) is 6.54 Å². The molecule has 0 aliphatic heterocycles.